The van der Waals surface area contributed by atoms with Crippen LogP contribution in [0.1, 0.15) is 0 Å². The molecule has 0 amide bonds. The second-order valence-corrected chi connectivity index (χ2v) is 37.9. The Balaban J connectivity index is 0.000000115. The fourth-order valence-corrected chi connectivity index (χ4v) is 22.2. The molecule has 30 rings (SSSR count). The molecular weight excluding hydrogens is 2380 g/mol. The number of nitrogens with zero attached hydrogens (tertiary/aromatic N) is 17. The molecule has 8 aromatic heterocycles. The van der Waals surface area contributed by atoms with Crippen LogP contribution < -0.4 is 29.4 Å². The van der Waals surface area contributed by atoms with Gasteiger partial charge in [-0.1, -0.05) is 239 Å². The van der Waals surface area contributed by atoms with Crippen LogP contribution in [0.4, 0.5) is 51.2 Å². The van der Waals surface area contributed by atoms with Gasteiger partial charge in [0, 0.05) is 136 Å². The molecule has 3 aliphatic rings. The molecule has 0 aliphatic carbocycles. The molecule has 0 unspecified atom stereocenters. The van der Waals surface area contributed by atoms with E-state index in [0.29, 0.717) is 0 Å². The minimum absolute atomic E-state index is 0. The maximum absolute atomic E-state index is 5.19. The van der Waals surface area contributed by atoms with Gasteiger partial charge >= 0.3 is 0 Å². The van der Waals surface area contributed by atoms with Gasteiger partial charge in [0.15, 0.2) is 0 Å². The van der Waals surface area contributed by atoms with Gasteiger partial charge in [0.1, 0.15) is 11.3 Å². The van der Waals surface area contributed by atoms with Crippen molar-refractivity contribution in [3.05, 3.63) is 463 Å². The van der Waals surface area contributed by atoms with Crippen LogP contribution in [0, 0.1) is 56.4 Å². The van der Waals surface area contributed by atoms with Gasteiger partial charge < -0.3 is 56.8 Å². The second kappa shape index (κ2) is 38.0. The molecule has 3 aliphatic heterocycles. The molecule has 0 atom stereocenters. The van der Waals surface area contributed by atoms with Crippen LogP contribution >= 0.6 is 0 Å². The SMILES string of the molecule is CN1[CH-]N(c2[c-]c(-n3c4[c-]c(-c5nc6cc(-c7cccc8ccccc78)ccc6n5C)ccc4c4cccnc43)ccc2)c2ccccc21.CN1[CH-]N(c2[c-]c(-n3c4[c-]c(-c5nc6ccc(-c7cccc8ccccc78)cc6n5C)ccc4c4cccnc43)ccc2)c2ccccc21.CN1[CH-]N(c2[c-]c(-n3c4[c-]c(-c5nc6ccccc6n5C)ccc4c4cc(-c5ccc6ccccc6c5)ccc43)ccc2)c2ccccc21.[Pt].[Pt].[Pt]. The number of fused-ring (bicyclic) bond motifs is 18. The maximum Gasteiger partial charge on any atom is 0.132 e. The first-order valence-electron chi connectivity index (χ1n) is 49.3. The van der Waals surface area contributed by atoms with E-state index in [-0.39, 0.29) is 63.2 Å². The van der Waals surface area contributed by atoms with Gasteiger partial charge in [0.2, 0.25) is 0 Å². The zero-order valence-electron chi connectivity index (χ0n) is 82.0. The van der Waals surface area contributed by atoms with Crippen molar-refractivity contribution in [1.82, 2.24) is 52.3 Å². The average Bonchev–Trinajstić information content (AvgIpc) is 1.58. The van der Waals surface area contributed by atoms with Crippen molar-refractivity contribution in [2.45, 2.75) is 0 Å². The number of hydrogen-bond acceptors (Lipinski definition) is 11. The Labute approximate surface area is 909 Å². The number of hydrogen-bond donors (Lipinski definition) is 0. The zero-order valence-corrected chi connectivity index (χ0v) is 88.8. The topological polar surface area (TPSA) is 113 Å². The first kappa shape index (κ1) is 94.0. The molecular formula is C130H88N17Pt3-9. The van der Waals surface area contributed by atoms with E-state index in [1.54, 1.807) is 0 Å². The van der Waals surface area contributed by atoms with Crippen LogP contribution in [-0.2, 0) is 84.3 Å². The Hall–Kier alpha value is -17.1. The van der Waals surface area contributed by atoms with E-state index in [2.05, 4.69) is 532 Å². The molecule has 0 fully saturated rings. The summed E-state index contributed by atoms with van der Waals surface area (Å²) in [6.45, 7) is 6.33. The minimum atomic E-state index is 0. The van der Waals surface area contributed by atoms with Gasteiger partial charge in [-0.25, -0.2) is 9.97 Å². The molecule has 0 N–H and O–H groups in total. The van der Waals surface area contributed by atoms with E-state index < -0.39 is 0 Å². The Morgan fingerprint density at radius 2 is 0.580 bits per heavy atom. The van der Waals surface area contributed by atoms with E-state index in [9.17, 15) is 0 Å². The van der Waals surface area contributed by atoms with Gasteiger partial charge in [-0.3, -0.25) is 15.0 Å². The smallest absolute Gasteiger partial charge is 0.132 e. The second-order valence-electron chi connectivity index (χ2n) is 37.9. The molecule has 17 nitrogen and oxygen atoms in total. The molecule has 0 radical (unpaired) electrons. The number of imidazole rings is 3. The van der Waals surface area contributed by atoms with E-state index in [1.807, 2.05) is 30.6 Å². The fraction of sp³-hybridized carbons (Fsp3) is 0.0462. The Bertz CT molecular complexity index is 9850. The minimum Gasteiger partial charge on any atom is -0.504 e. The predicted molar refractivity (Wildman–Crippen MR) is 603 cm³/mol. The predicted octanol–water partition coefficient (Wildman–Crippen LogP) is 30.2. The van der Waals surface area contributed by atoms with E-state index >= 15 is 0 Å². The Morgan fingerprint density at radius 3 is 1.09 bits per heavy atom. The molecule has 732 valence electrons. The van der Waals surface area contributed by atoms with Gasteiger partial charge in [-0.2, -0.15) is 38.2 Å². The van der Waals surface area contributed by atoms with Gasteiger partial charge in [0.05, 0.1) is 50.6 Å². The van der Waals surface area contributed by atoms with Crippen LogP contribution in [0.2, 0.25) is 0 Å². The molecule has 20 heteroatoms. The fourth-order valence-electron chi connectivity index (χ4n) is 22.2. The van der Waals surface area contributed by atoms with Gasteiger partial charge in [-0.05, 0) is 217 Å². The van der Waals surface area contributed by atoms with E-state index in [1.165, 1.54) is 71.2 Å². The quantitative estimate of drug-likeness (QED) is 0.109. The van der Waals surface area contributed by atoms with Crippen LogP contribution in [0.3, 0.4) is 0 Å². The van der Waals surface area contributed by atoms with Crippen molar-refractivity contribution in [2.24, 2.45) is 21.1 Å². The third-order valence-electron chi connectivity index (χ3n) is 29.3. The molecule has 0 spiro atoms. The van der Waals surface area contributed by atoms with Crippen molar-refractivity contribution in [2.75, 3.05) is 50.5 Å². The summed E-state index contributed by atoms with van der Waals surface area (Å²) in [6.07, 6.45) is 3.70. The molecule has 11 heterocycles. The summed E-state index contributed by atoms with van der Waals surface area (Å²) >= 11 is 0. The third-order valence-corrected chi connectivity index (χ3v) is 29.3. The average molecular weight is 2470 g/mol. The monoisotopic (exact) mass is 2470 g/mol. The maximum atomic E-state index is 5.19. The summed E-state index contributed by atoms with van der Waals surface area (Å²) in [6, 6.07) is 161. The van der Waals surface area contributed by atoms with Crippen LogP contribution in [0.5, 0.6) is 0 Å². The number of benzene rings is 19. The molecule has 19 aromatic carbocycles. The number of aromatic nitrogens is 11. The normalized spacial score (nSPS) is 12.7. The van der Waals surface area contributed by atoms with Gasteiger partial charge in [-0.15, -0.1) is 143 Å². The first-order chi connectivity index (χ1) is 72.3. The van der Waals surface area contributed by atoms with Crippen molar-refractivity contribution in [3.8, 4) is 84.6 Å². The molecule has 27 aromatic rings. The molecule has 0 saturated heterocycles. The molecule has 0 saturated carbocycles. The number of pyridine rings is 2. The molecule has 0 bridgehead atoms. The van der Waals surface area contributed by atoms with Gasteiger partial charge in [0.25, 0.3) is 0 Å². The van der Waals surface area contributed by atoms with Crippen LogP contribution in [0.25, 0.3) is 216 Å². The summed E-state index contributed by atoms with van der Waals surface area (Å²) in [5.74, 6) is 2.61. The van der Waals surface area contributed by atoms with E-state index in [0.717, 1.165) is 196 Å². The van der Waals surface area contributed by atoms with Crippen molar-refractivity contribution in [1.29, 1.82) is 0 Å². The summed E-state index contributed by atoms with van der Waals surface area (Å²) in [5, 5.41) is 14.0. The summed E-state index contributed by atoms with van der Waals surface area (Å²) in [4.78, 5) is 38.0. The zero-order chi connectivity index (χ0) is 97.9. The largest absolute Gasteiger partial charge is 0.504 e. The number of para-hydroxylation sites is 8. The van der Waals surface area contributed by atoms with Crippen molar-refractivity contribution < 1.29 is 63.2 Å². The van der Waals surface area contributed by atoms with Crippen molar-refractivity contribution in [3.63, 3.8) is 0 Å². The summed E-state index contributed by atoms with van der Waals surface area (Å²) in [7, 11) is 12.5. The third kappa shape index (κ3) is 15.7. The number of rotatable bonds is 12. The summed E-state index contributed by atoms with van der Waals surface area (Å²) in [5.41, 5.74) is 34.2. The Kier molecular flexibility index (Phi) is 23.8. The number of anilines is 9. The molecule has 150 heavy (non-hydrogen) atoms. The van der Waals surface area contributed by atoms with Crippen LogP contribution in [-0.4, -0.2) is 73.5 Å². The van der Waals surface area contributed by atoms with E-state index in [4.69, 9.17) is 24.9 Å². The van der Waals surface area contributed by atoms with Crippen molar-refractivity contribution >= 4 is 182 Å². The van der Waals surface area contributed by atoms with Crippen LogP contribution in [0.15, 0.2) is 407 Å². The standard InChI is InChI=1S/C44H30N5.2C43H29N6.3Pt/c1-46-28-48(42-17-8-7-16-41(42)46)34-12-9-13-35(27-34)49-39-23-21-32(31-19-18-29-10-3-4-11-30(29)24-31)25-37(39)36-22-20-33(26-43(36)49)44-45-38-14-5-6-15-40(38)47(44)2;1-46-27-48(40-18-6-5-17-39(40)46)31-12-8-13-32(26-31)49-41-25-30(19-21-35(41)36-16-9-23-44-43(36)49)42-45-37-24-29(20-22-38(37)47(42)2)34-15-7-11-28-10-3-4-14-33(28)34;1-46-27-48(39-18-6-5-17-38(39)46)31-12-8-13-32(26-31)49-40-25-30(19-21-35(40)36-16-9-23-44-43(36)49)42-45-37-22-20-29(24-41(37)47(42)2)34-15-7-11-28-10-3-4-14-33(28)34;;;/h3-25,28H,1-2H3;2*3-24,27H,1-2H3;;;/q3*-3;;;. The first-order valence-corrected chi connectivity index (χ1v) is 49.3. The summed E-state index contributed by atoms with van der Waals surface area (Å²) < 4.78 is 13.1. The number of aryl methyl sites for hydroxylation is 3. The Morgan fingerprint density at radius 1 is 0.220 bits per heavy atom.